The Balaban J connectivity index is 3.01. The minimum absolute atomic E-state index is 0.0310. The van der Waals surface area contributed by atoms with Crippen LogP contribution in [0.4, 0.5) is 0 Å². The molecule has 1 unspecified atom stereocenters. The third-order valence-electron chi connectivity index (χ3n) is 1.41. The van der Waals surface area contributed by atoms with Gasteiger partial charge in [-0.1, -0.05) is 0 Å². The van der Waals surface area contributed by atoms with Crippen molar-refractivity contribution in [1.82, 2.24) is 4.98 Å². The summed E-state index contributed by atoms with van der Waals surface area (Å²) in [4.78, 5) is 3.91. The van der Waals surface area contributed by atoms with Crippen LogP contribution in [0.15, 0.2) is 12.3 Å². The first kappa shape index (κ1) is 9.69. The molecule has 0 saturated heterocycles. The van der Waals surface area contributed by atoms with Crippen LogP contribution in [0.2, 0.25) is 0 Å². The SMILES string of the molecule is NC(CO)c1ncc(I)cc1O. The molecule has 12 heavy (non-hydrogen) atoms. The van der Waals surface area contributed by atoms with Crippen molar-refractivity contribution in [1.29, 1.82) is 0 Å². The lowest BCUT2D eigenvalue weighted by Gasteiger charge is -2.08. The van der Waals surface area contributed by atoms with Gasteiger partial charge in [-0.15, -0.1) is 0 Å². The summed E-state index contributed by atoms with van der Waals surface area (Å²) in [5.41, 5.74) is 5.80. The van der Waals surface area contributed by atoms with Crippen LogP contribution in [0.5, 0.6) is 5.75 Å². The third-order valence-corrected chi connectivity index (χ3v) is 2.00. The molecule has 0 saturated carbocycles. The van der Waals surface area contributed by atoms with E-state index in [4.69, 9.17) is 10.8 Å². The van der Waals surface area contributed by atoms with Gasteiger partial charge in [-0.05, 0) is 28.7 Å². The molecule has 0 aliphatic rings. The molecular formula is C7H9IN2O2. The molecule has 1 rings (SSSR count). The molecule has 1 aromatic heterocycles. The monoisotopic (exact) mass is 280 g/mol. The molecule has 5 heteroatoms. The van der Waals surface area contributed by atoms with Crippen LogP contribution >= 0.6 is 22.6 Å². The fraction of sp³-hybridized carbons (Fsp3) is 0.286. The minimum Gasteiger partial charge on any atom is -0.506 e. The van der Waals surface area contributed by atoms with Crippen molar-refractivity contribution in [3.63, 3.8) is 0 Å². The van der Waals surface area contributed by atoms with Crippen LogP contribution in [-0.2, 0) is 0 Å². The summed E-state index contributed by atoms with van der Waals surface area (Å²) in [7, 11) is 0. The topological polar surface area (TPSA) is 79.4 Å². The van der Waals surface area contributed by atoms with E-state index in [2.05, 4.69) is 4.98 Å². The molecule has 0 spiro atoms. The lowest BCUT2D eigenvalue weighted by atomic mass is 10.2. The summed E-state index contributed by atoms with van der Waals surface area (Å²) in [6.45, 7) is -0.221. The van der Waals surface area contributed by atoms with Gasteiger partial charge in [0.05, 0.1) is 12.6 Å². The molecule has 0 radical (unpaired) electrons. The Bertz CT molecular complexity index is 280. The van der Waals surface area contributed by atoms with Gasteiger partial charge in [0.2, 0.25) is 0 Å². The van der Waals surface area contributed by atoms with Crippen molar-refractivity contribution in [3.8, 4) is 5.75 Å². The number of aromatic hydroxyl groups is 1. The Labute approximate surface area is 83.6 Å². The maximum Gasteiger partial charge on any atom is 0.139 e. The number of aliphatic hydroxyl groups is 1. The first-order chi connectivity index (χ1) is 5.65. The number of aromatic nitrogens is 1. The molecule has 1 heterocycles. The molecule has 0 amide bonds. The smallest absolute Gasteiger partial charge is 0.139 e. The predicted octanol–water partition coefficient (Wildman–Crippen LogP) is 0.384. The summed E-state index contributed by atoms with van der Waals surface area (Å²) < 4.78 is 0.832. The van der Waals surface area contributed by atoms with Gasteiger partial charge in [0.1, 0.15) is 11.4 Å². The Morgan fingerprint density at radius 1 is 1.67 bits per heavy atom. The highest BCUT2D eigenvalue weighted by Crippen LogP contribution is 2.21. The molecule has 1 aromatic rings. The second-order valence-corrected chi connectivity index (χ2v) is 3.59. The fourth-order valence-electron chi connectivity index (χ4n) is 0.811. The second-order valence-electron chi connectivity index (χ2n) is 2.35. The number of aliphatic hydroxyl groups excluding tert-OH is 1. The van der Waals surface area contributed by atoms with Gasteiger partial charge in [-0.2, -0.15) is 0 Å². The standard InChI is InChI=1S/C7H9IN2O2/c8-4-1-6(12)7(10-2-4)5(9)3-11/h1-2,5,11-12H,3,9H2. The molecular weight excluding hydrogens is 271 g/mol. The van der Waals surface area contributed by atoms with E-state index in [1.54, 1.807) is 12.3 Å². The Morgan fingerprint density at radius 2 is 2.33 bits per heavy atom. The van der Waals surface area contributed by atoms with E-state index in [0.29, 0.717) is 5.69 Å². The number of nitrogens with zero attached hydrogens (tertiary/aromatic N) is 1. The lowest BCUT2D eigenvalue weighted by Crippen LogP contribution is -2.16. The van der Waals surface area contributed by atoms with Crippen LogP contribution in [-0.4, -0.2) is 21.8 Å². The zero-order valence-corrected chi connectivity index (χ0v) is 8.39. The summed E-state index contributed by atoms with van der Waals surface area (Å²) in [5.74, 6) is 0.0310. The number of hydrogen-bond acceptors (Lipinski definition) is 4. The highest BCUT2D eigenvalue weighted by molar-refractivity contribution is 14.1. The zero-order chi connectivity index (χ0) is 9.14. The van der Waals surface area contributed by atoms with Crippen molar-refractivity contribution < 1.29 is 10.2 Å². The molecule has 4 nitrogen and oxygen atoms in total. The molecule has 4 N–H and O–H groups in total. The zero-order valence-electron chi connectivity index (χ0n) is 6.24. The van der Waals surface area contributed by atoms with E-state index in [1.165, 1.54) is 0 Å². The van der Waals surface area contributed by atoms with Crippen molar-refractivity contribution >= 4 is 22.6 Å². The second kappa shape index (κ2) is 4.01. The minimum atomic E-state index is -0.609. The first-order valence-corrected chi connectivity index (χ1v) is 4.44. The molecule has 1 atom stereocenters. The van der Waals surface area contributed by atoms with Gasteiger partial charge in [-0.25, -0.2) is 0 Å². The summed E-state index contributed by atoms with van der Waals surface area (Å²) in [6.07, 6.45) is 1.59. The summed E-state index contributed by atoms with van der Waals surface area (Å²) in [6, 6.07) is 0.945. The molecule has 66 valence electrons. The molecule has 0 fully saturated rings. The average molecular weight is 280 g/mol. The molecule has 0 bridgehead atoms. The van der Waals surface area contributed by atoms with E-state index in [0.717, 1.165) is 3.57 Å². The predicted molar refractivity (Wildman–Crippen MR) is 52.6 cm³/mol. The van der Waals surface area contributed by atoms with Crippen molar-refractivity contribution in [2.75, 3.05) is 6.61 Å². The van der Waals surface area contributed by atoms with Crippen LogP contribution in [0.3, 0.4) is 0 Å². The number of nitrogens with two attached hydrogens (primary N) is 1. The highest BCUT2D eigenvalue weighted by Gasteiger charge is 2.10. The van der Waals surface area contributed by atoms with E-state index in [-0.39, 0.29) is 12.4 Å². The van der Waals surface area contributed by atoms with Crippen molar-refractivity contribution in [3.05, 3.63) is 21.5 Å². The lowest BCUT2D eigenvalue weighted by molar-refractivity contribution is 0.262. The van der Waals surface area contributed by atoms with Crippen LogP contribution in [0.1, 0.15) is 11.7 Å². The first-order valence-electron chi connectivity index (χ1n) is 3.36. The van der Waals surface area contributed by atoms with E-state index in [9.17, 15) is 5.11 Å². The quantitative estimate of drug-likeness (QED) is 0.684. The number of rotatable bonds is 2. The van der Waals surface area contributed by atoms with Gasteiger partial charge in [0, 0.05) is 9.77 Å². The van der Waals surface area contributed by atoms with Crippen LogP contribution in [0, 0.1) is 3.57 Å². The van der Waals surface area contributed by atoms with Crippen molar-refractivity contribution in [2.45, 2.75) is 6.04 Å². The van der Waals surface area contributed by atoms with Crippen LogP contribution in [0.25, 0.3) is 0 Å². The largest absolute Gasteiger partial charge is 0.506 e. The highest BCUT2D eigenvalue weighted by atomic mass is 127. The van der Waals surface area contributed by atoms with Gasteiger partial charge in [0.15, 0.2) is 0 Å². The fourth-order valence-corrected chi connectivity index (χ4v) is 1.25. The van der Waals surface area contributed by atoms with Gasteiger partial charge >= 0.3 is 0 Å². The maximum absolute atomic E-state index is 9.33. The number of halogens is 1. The number of hydrogen-bond donors (Lipinski definition) is 3. The van der Waals surface area contributed by atoms with Crippen molar-refractivity contribution in [2.24, 2.45) is 5.73 Å². The summed E-state index contributed by atoms with van der Waals surface area (Å²) >= 11 is 2.03. The third kappa shape index (κ3) is 2.05. The van der Waals surface area contributed by atoms with Gasteiger partial charge in [0.25, 0.3) is 0 Å². The van der Waals surface area contributed by atoms with Crippen LogP contribution < -0.4 is 5.73 Å². The van der Waals surface area contributed by atoms with Gasteiger partial charge < -0.3 is 15.9 Å². The Kier molecular flexibility index (Phi) is 3.24. The normalized spacial score (nSPS) is 12.9. The molecule has 0 aliphatic carbocycles. The molecule has 0 aliphatic heterocycles. The number of pyridine rings is 1. The van der Waals surface area contributed by atoms with E-state index in [1.807, 2.05) is 22.6 Å². The average Bonchev–Trinajstić information content (AvgIpc) is 2.03. The summed E-state index contributed by atoms with van der Waals surface area (Å²) in [5, 5.41) is 18.0. The Hall–Kier alpha value is -0.400. The van der Waals surface area contributed by atoms with E-state index >= 15 is 0 Å². The van der Waals surface area contributed by atoms with Gasteiger partial charge in [-0.3, -0.25) is 4.98 Å². The maximum atomic E-state index is 9.33. The Morgan fingerprint density at radius 3 is 2.83 bits per heavy atom. The van der Waals surface area contributed by atoms with E-state index < -0.39 is 6.04 Å². The molecule has 0 aromatic carbocycles.